The minimum atomic E-state index is 0.500. The van der Waals surface area contributed by atoms with Crippen molar-refractivity contribution in [2.45, 2.75) is 26.9 Å². The number of aryl methyl sites for hydroxylation is 3. The van der Waals surface area contributed by atoms with Crippen molar-refractivity contribution in [3.05, 3.63) is 40.3 Å². The molecule has 2 heterocycles. The number of nitrogens with one attached hydrogen (secondary N) is 1. The van der Waals surface area contributed by atoms with Crippen LogP contribution in [0.25, 0.3) is 0 Å². The van der Waals surface area contributed by atoms with Crippen molar-refractivity contribution in [3.63, 3.8) is 0 Å². The van der Waals surface area contributed by atoms with Gasteiger partial charge in [0.05, 0.1) is 23.8 Å². The van der Waals surface area contributed by atoms with Gasteiger partial charge in [0.25, 0.3) is 0 Å². The minimum Gasteiger partial charge on any atom is -0.444 e. The molecule has 0 amide bonds. The summed E-state index contributed by atoms with van der Waals surface area (Å²) in [6.45, 7) is 5.04. The number of hydrogen-bond acceptors (Lipinski definition) is 3. The second-order valence-corrected chi connectivity index (χ2v) is 5.70. The molecule has 2 rings (SSSR count). The zero-order chi connectivity index (χ0) is 16.3. The monoisotopic (exact) mass is 323 g/mol. The highest BCUT2D eigenvalue weighted by atomic mass is 35.5. The first-order valence-corrected chi connectivity index (χ1v) is 7.44. The number of nitrogens with zero attached hydrogens (tertiary/aromatic N) is 4. The zero-order valence-electron chi connectivity index (χ0n) is 13.6. The van der Waals surface area contributed by atoms with Crippen LogP contribution < -0.4 is 5.32 Å². The number of hydrogen-bond donors (Lipinski definition) is 1. The van der Waals surface area contributed by atoms with E-state index < -0.39 is 0 Å². The van der Waals surface area contributed by atoms with Gasteiger partial charge in [0.2, 0.25) is 5.89 Å². The van der Waals surface area contributed by atoms with Crippen molar-refractivity contribution >= 4 is 17.6 Å². The predicted molar refractivity (Wildman–Crippen MR) is 88.1 cm³/mol. The lowest BCUT2D eigenvalue weighted by atomic mass is 10.4. The van der Waals surface area contributed by atoms with Crippen molar-refractivity contribution in [2.24, 2.45) is 12.0 Å². The van der Waals surface area contributed by atoms with Crippen LogP contribution in [0.15, 0.2) is 21.7 Å². The topological polar surface area (TPSA) is 58.6 Å². The van der Waals surface area contributed by atoms with Gasteiger partial charge in [-0.2, -0.15) is 0 Å². The van der Waals surface area contributed by atoms with Crippen LogP contribution in [0.1, 0.15) is 23.0 Å². The second kappa shape index (κ2) is 6.87. The Morgan fingerprint density at radius 3 is 2.73 bits per heavy atom. The van der Waals surface area contributed by atoms with Crippen molar-refractivity contribution < 1.29 is 4.42 Å². The third-order valence-electron chi connectivity index (χ3n) is 3.52. The molecule has 7 heteroatoms. The van der Waals surface area contributed by atoms with Gasteiger partial charge in [0, 0.05) is 33.0 Å². The van der Waals surface area contributed by atoms with E-state index in [9.17, 15) is 0 Å². The molecule has 0 fully saturated rings. The number of aromatic nitrogens is 2. The lowest BCUT2D eigenvalue weighted by Crippen LogP contribution is -2.38. The van der Waals surface area contributed by atoms with Crippen molar-refractivity contribution in [1.29, 1.82) is 0 Å². The smallest absolute Gasteiger partial charge is 0.214 e. The largest absolute Gasteiger partial charge is 0.444 e. The third-order valence-corrected chi connectivity index (χ3v) is 3.72. The van der Waals surface area contributed by atoms with E-state index in [1.165, 1.54) is 0 Å². The van der Waals surface area contributed by atoms with E-state index in [-0.39, 0.29) is 0 Å². The molecule has 0 aliphatic rings. The summed E-state index contributed by atoms with van der Waals surface area (Å²) in [5.74, 6) is 2.27. The molecule has 0 radical (unpaired) electrons. The average molecular weight is 324 g/mol. The first kappa shape index (κ1) is 16.4. The maximum atomic E-state index is 6.02. The molecule has 0 saturated heterocycles. The molecule has 6 nitrogen and oxygen atoms in total. The van der Waals surface area contributed by atoms with Crippen molar-refractivity contribution in [3.8, 4) is 0 Å². The Hall–Kier alpha value is -1.95. The molecule has 0 aliphatic carbocycles. The molecular formula is C15H22ClN5O. The molecule has 0 atom stereocenters. The van der Waals surface area contributed by atoms with E-state index in [0.717, 1.165) is 28.1 Å². The first-order valence-electron chi connectivity index (χ1n) is 7.06. The van der Waals surface area contributed by atoms with Gasteiger partial charge < -0.3 is 19.2 Å². The summed E-state index contributed by atoms with van der Waals surface area (Å²) in [5.41, 5.74) is 2.02. The van der Waals surface area contributed by atoms with Crippen molar-refractivity contribution in [1.82, 2.24) is 19.8 Å². The Morgan fingerprint density at radius 2 is 2.23 bits per heavy atom. The molecule has 0 aromatic carbocycles. The molecule has 1 N–H and O–H groups in total. The standard InChI is InChI=1S/C15H22ClN5O/c1-10-11(2)22-14(19-10)7-18-15(17-3)21(5)9-13-6-12(16)8-20(13)4/h6,8H,7,9H2,1-5H3,(H,17,18). The predicted octanol–water partition coefficient (Wildman–Crippen LogP) is 2.49. The van der Waals surface area contributed by atoms with Gasteiger partial charge in [-0.1, -0.05) is 11.6 Å². The Balaban J connectivity index is 1.97. The summed E-state index contributed by atoms with van der Waals surface area (Å²) in [4.78, 5) is 10.7. The fourth-order valence-electron chi connectivity index (χ4n) is 2.20. The molecule has 0 aliphatic heterocycles. The maximum Gasteiger partial charge on any atom is 0.214 e. The highest BCUT2D eigenvalue weighted by Gasteiger charge is 2.11. The van der Waals surface area contributed by atoms with E-state index >= 15 is 0 Å². The van der Waals surface area contributed by atoms with E-state index in [2.05, 4.69) is 15.3 Å². The van der Waals surface area contributed by atoms with Crippen LogP contribution in [0.2, 0.25) is 5.02 Å². The molecule has 0 bridgehead atoms. The van der Waals surface area contributed by atoms with Gasteiger partial charge in [-0.05, 0) is 19.9 Å². The first-order chi connectivity index (χ1) is 10.4. The fraction of sp³-hybridized carbons (Fsp3) is 0.467. The average Bonchev–Trinajstić information content (AvgIpc) is 2.93. The molecule has 120 valence electrons. The molecule has 22 heavy (non-hydrogen) atoms. The minimum absolute atomic E-state index is 0.500. The third kappa shape index (κ3) is 3.82. The molecule has 0 saturated carbocycles. The summed E-state index contributed by atoms with van der Waals surface area (Å²) in [7, 11) is 5.70. The quantitative estimate of drug-likeness (QED) is 0.693. The Labute approximate surface area is 135 Å². The number of halogens is 1. The van der Waals surface area contributed by atoms with Crippen LogP contribution in [0.3, 0.4) is 0 Å². The molecule has 2 aromatic heterocycles. The number of rotatable bonds is 4. The summed E-state index contributed by atoms with van der Waals surface area (Å²) in [6, 6.07) is 1.95. The number of aliphatic imine (C=N–C) groups is 1. The highest BCUT2D eigenvalue weighted by molar-refractivity contribution is 6.30. The Morgan fingerprint density at radius 1 is 1.50 bits per heavy atom. The van der Waals surface area contributed by atoms with Crippen LogP contribution in [0.4, 0.5) is 0 Å². The second-order valence-electron chi connectivity index (χ2n) is 5.27. The van der Waals surface area contributed by atoms with Crippen LogP contribution in [-0.4, -0.2) is 34.5 Å². The highest BCUT2D eigenvalue weighted by Crippen LogP contribution is 2.14. The van der Waals surface area contributed by atoms with Gasteiger partial charge in [-0.15, -0.1) is 0 Å². The van der Waals surface area contributed by atoms with Crippen molar-refractivity contribution in [2.75, 3.05) is 14.1 Å². The lowest BCUT2D eigenvalue weighted by molar-refractivity contribution is 0.437. The Kier molecular flexibility index (Phi) is 5.13. The normalized spacial score (nSPS) is 11.8. The number of oxazole rings is 1. The summed E-state index contributed by atoms with van der Waals surface area (Å²) < 4.78 is 7.57. The van der Waals surface area contributed by atoms with Gasteiger partial charge >= 0.3 is 0 Å². The molecular weight excluding hydrogens is 302 g/mol. The van der Waals surface area contributed by atoms with Crippen LogP contribution >= 0.6 is 11.6 Å². The zero-order valence-corrected chi connectivity index (χ0v) is 14.4. The summed E-state index contributed by atoms with van der Waals surface area (Å²) >= 11 is 6.02. The van der Waals surface area contributed by atoms with Gasteiger partial charge in [-0.3, -0.25) is 4.99 Å². The van der Waals surface area contributed by atoms with Crippen LogP contribution in [-0.2, 0) is 20.1 Å². The van der Waals surface area contributed by atoms with Crippen LogP contribution in [0.5, 0.6) is 0 Å². The van der Waals surface area contributed by atoms with E-state index in [4.69, 9.17) is 16.0 Å². The molecule has 2 aromatic rings. The van der Waals surface area contributed by atoms with Gasteiger partial charge in [-0.25, -0.2) is 4.98 Å². The van der Waals surface area contributed by atoms with E-state index in [1.54, 1.807) is 7.05 Å². The summed E-state index contributed by atoms with van der Waals surface area (Å²) in [5, 5.41) is 3.99. The summed E-state index contributed by atoms with van der Waals surface area (Å²) in [6.07, 6.45) is 1.89. The van der Waals surface area contributed by atoms with E-state index in [1.807, 2.05) is 49.7 Å². The molecule has 0 unspecified atom stereocenters. The van der Waals surface area contributed by atoms with Gasteiger partial charge in [0.15, 0.2) is 5.96 Å². The maximum absolute atomic E-state index is 6.02. The Bertz CT molecular complexity index is 654. The van der Waals surface area contributed by atoms with Gasteiger partial charge in [0.1, 0.15) is 5.76 Å². The SMILES string of the molecule is CN=C(NCc1nc(C)c(C)o1)N(C)Cc1cc(Cl)cn1C. The fourth-order valence-corrected chi connectivity index (χ4v) is 2.47. The molecule has 0 spiro atoms. The van der Waals surface area contributed by atoms with Crippen LogP contribution in [0, 0.1) is 13.8 Å². The van der Waals surface area contributed by atoms with E-state index in [0.29, 0.717) is 19.0 Å². The lowest BCUT2D eigenvalue weighted by Gasteiger charge is -2.21. The number of guanidine groups is 1.